The van der Waals surface area contributed by atoms with Crippen LogP contribution in [0.3, 0.4) is 0 Å². The van der Waals surface area contributed by atoms with Gasteiger partial charge in [0, 0.05) is 29.8 Å². The van der Waals surface area contributed by atoms with Crippen molar-refractivity contribution in [2.45, 2.75) is 55.6 Å². The molecule has 3 amide bonds. The Morgan fingerprint density at radius 1 is 1.06 bits per heavy atom. The standard InChI is InChI=1S/C34H35F3N4O9/c1-40(2)25-19-13-15-12-18-17(14-5-7-16(8-6-14)39-31(48)20-4-3-11-41(20)32(49)34(35,36)37)9-10-21(42)23(18)26(43)22(15)28(45)33(19,50)29(46)24(27(25)44)30(38)47/h5-10,15,19-20,24-25,27,42-44,50H,3-4,11-13H2,1-2H3,(H2,38,47)(H,39,48)/t15-,19-,20?,24+,25-,27?,33-/m0/s1. The lowest BCUT2D eigenvalue weighted by Gasteiger charge is -2.53. The van der Waals surface area contributed by atoms with E-state index in [1.165, 1.54) is 23.1 Å². The van der Waals surface area contributed by atoms with Crippen molar-refractivity contribution in [1.29, 1.82) is 0 Å². The van der Waals surface area contributed by atoms with Crippen molar-refractivity contribution in [3.63, 3.8) is 0 Å². The zero-order valence-electron chi connectivity index (χ0n) is 26.9. The number of carbonyl (C=O) groups excluding carboxylic acids is 5. The van der Waals surface area contributed by atoms with Gasteiger partial charge in [-0.3, -0.25) is 24.0 Å². The number of phenolic OH excluding ortho intramolecular Hbond substituents is 1. The summed E-state index contributed by atoms with van der Waals surface area (Å²) >= 11 is 0. The van der Waals surface area contributed by atoms with Gasteiger partial charge in [0.2, 0.25) is 17.6 Å². The minimum Gasteiger partial charge on any atom is -0.507 e. The van der Waals surface area contributed by atoms with Crippen LogP contribution in [0.2, 0.25) is 0 Å². The molecule has 2 aromatic carbocycles. The minimum atomic E-state index is -5.11. The van der Waals surface area contributed by atoms with Crippen LogP contribution in [0.5, 0.6) is 5.75 Å². The summed E-state index contributed by atoms with van der Waals surface area (Å²) in [5.74, 6) is -11.3. The van der Waals surface area contributed by atoms with Crippen LogP contribution in [0.1, 0.15) is 30.4 Å². The average Bonchev–Trinajstić information content (AvgIpc) is 3.52. The van der Waals surface area contributed by atoms with E-state index < -0.39 is 82.8 Å². The Hall–Kier alpha value is -4.80. The number of aliphatic hydroxyl groups excluding tert-OH is 2. The predicted molar refractivity (Wildman–Crippen MR) is 169 cm³/mol. The van der Waals surface area contributed by atoms with E-state index in [4.69, 9.17) is 5.73 Å². The first-order valence-electron chi connectivity index (χ1n) is 15.9. The molecule has 0 radical (unpaired) electrons. The average molecular weight is 701 g/mol. The first-order chi connectivity index (χ1) is 23.4. The molecule has 50 heavy (non-hydrogen) atoms. The fourth-order valence-corrected chi connectivity index (χ4v) is 8.28. The highest BCUT2D eigenvalue weighted by Gasteiger charge is 2.67. The van der Waals surface area contributed by atoms with Gasteiger partial charge in [-0.05, 0) is 80.6 Å². The fourth-order valence-electron chi connectivity index (χ4n) is 8.28. The summed E-state index contributed by atoms with van der Waals surface area (Å²) in [6.07, 6.45) is -6.43. The second kappa shape index (κ2) is 12.2. The van der Waals surface area contributed by atoms with E-state index in [0.717, 1.165) is 0 Å². The van der Waals surface area contributed by atoms with Crippen molar-refractivity contribution in [2.75, 3.05) is 26.0 Å². The number of carbonyl (C=O) groups is 5. The number of phenols is 1. The number of likely N-dealkylation sites (N-methyl/N-ethyl adjacent to an activating group) is 1. The largest absolute Gasteiger partial charge is 0.507 e. The molecule has 16 heteroatoms. The molecule has 6 rings (SSSR count). The Morgan fingerprint density at radius 3 is 2.32 bits per heavy atom. The molecule has 0 spiro atoms. The molecule has 3 fully saturated rings. The molecular weight excluding hydrogens is 665 g/mol. The number of nitrogens with two attached hydrogens (primary N) is 1. The second-order valence-electron chi connectivity index (χ2n) is 13.5. The zero-order chi connectivity index (χ0) is 36.6. The van der Waals surface area contributed by atoms with E-state index in [2.05, 4.69) is 5.32 Å². The molecule has 1 aliphatic heterocycles. The lowest BCUT2D eigenvalue weighted by atomic mass is 9.54. The molecule has 13 nitrogen and oxygen atoms in total. The van der Waals surface area contributed by atoms with Crippen molar-refractivity contribution in [2.24, 2.45) is 23.5 Å². The number of halogens is 3. The van der Waals surface area contributed by atoms with Gasteiger partial charge >= 0.3 is 12.1 Å². The molecule has 2 unspecified atom stereocenters. The number of amides is 3. The Morgan fingerprint density at radius 2 is 1.72 bits per heavy atom. The maximum absolute atomic E-state index is 14.0. The third-order valence-electron chi connectivity index (χ3n) is 10.5. The number of fused-ring (bicyclic) bond motifs is 3. The van der Waals surface area contributed by atoms with Crippen molar-refractivity contribution < 1.29 is 57.6 Å². The van der Waals surface area contributed by atoms with Crippen LogP contribution < -0.4 is 11.1 Å². The van der Waals surface area contributed by atoms with Gasteiger partial charge in [-0.15, -0.1) is 0 Å². The quantitative estimate of drug-likeness (QED) is 0.246. The van der Waals surface area contributed by atoms with Crippen molar-refractivity contribution in [3.05, 3.63) is 53.1 Å². The Kier molecular flexibility index (Phi) is 8.56. The molecule has 0 aromatic heterocycles. The molecule has 2 saturated carbocycles. The highest BCUT2D eigenvalue weighted by atomic mass is 19.4. The van der Waals surface area contributed by atoms with E-state index >= 15 is 0 Å². The van der Waals surface area contributed by atoms with E-state index in [0.29, 0.717) is 21.6 Å². The first-order valence-corrected chi connectivity index (χ1v) is 15.9. The van der Waals surface area contributed by atoms with E-state index in [-0.39, 0.29) is 54.8 Å². The summed E-state index contributed by atoms with van der Waals surface area (Å²) in [5, 5.41) is 47.8. The van der Waals surface area contributed by atoms with E-state index in [9.17, 15) is 57.6 Å². The number of aliphatic hydroxyl groups is 3. The van der Waals surface area contributed by atoms with Crippen LogP contribution >= 0.6 is 0 Å². The summed E-state index contributed by atoms with van der Waals surface area (Å²) in [6, 6.07) is 6.71. The van der Waals surface area contributed by atoms with Gasteiger partial charge in [0.1, 0.15) is 23.5 Å². The second-order valence-corrected chi connectivity index (χ2v) is 13.5. The Bertz CT molecular complexity index is 1840. The molecular formula is C34H35F3N4O9. The molecule has 1 heterocycles. The van der Waals surface area contributed by atoms with Crippen molar-refractivity contribution in [3.8, 4) is 16.9 Å². The maximum Gasteiger partial charge on any atom is 0.471 e. The Balaban J connectivity index is 1.32. The number of alkyl halides is 3. The highest BCUT2D eigenvalue weighted by Crippen LogP contribution is 2.53. The van der Waals surface area contributed by atoms with Crippen LogP contribution in [0.4, 0.5) is 18.9 Å². The summed E-state index contributed by atoms with van der Waals surface area (Å²) < 4.78 is 39.1. The number of Topliss-reactive ketones (excluding diaryl/α,β-unsaturated/α-hetero) is 2. The predicted octanol–water partition coefficient (Wildman–Crippen LogP) is 1.29. The topological polar surface area (TPSA) is 211 Å². The molecule has 7 N–H and O–H groups in total. The molecule has 2 aromatic rings. The normalized spacial score (nSPS) is 29.4. The monoisotopic (exact) mass is 700 g/mol. The third-order valence-corrected chi connectivity index (χ3v) is 10.5. The van der Waals surface area contributed by atoms with Crippen LogP contribution in [0, 0.1) is 17.8 Å². The number of benzene rings is 2. The lowest BCUT2D eigenvalue weighted by Crippen LogP contribution is -2.73. The number of anilines is 1. The molecule has 7 atom stereocenters. The summed E-state index contributed by atoms with van der Waals surface area (Å²) in [7, 11) is 3.11. The number of likely N-dealkylation sites (tertiary alicyclic amines) is 1. The summed E-state index contributed by atoms with van der Waals surface area (Å²) in [4.78, 5) is 66.5. The van der Waals surface area contributed by atoms with Crippen LogP contribution in [0.25, 0.3) is 16.9 Å². The number of hydrogen-bond acceptors (Lipinski definition) is 10. The third kappa shape index (κ3) is 5.32. The zero-order valence-corrected chi connectivity index (χ0v) is 26.9. The van der Waals surface area contributed by atoms with Gasteiger partial charge in [0.15, 0.2) is 11.4 Å². The van der Waals surface area contributed by atoms with E-state index in [1.54, 1.807) is 32.3 Å². The molecule has 0 bridgehead atoms. The molecule has 4 aliphatic rings. The van der Waals surface area contributed by atoms with Crippen LogP contribution in [-0.4, -0.2) is 110 Å². The highest BCUT2D eigenvalue weighted by molar-refractivity contribution is 6.25. The molecule has 266 valence electrons. The molecule has 1 saturated heterocycles. The van der Waals surface area contributed by atoms with Gasteiger partial charge in [0.05, 0.1) is 11.7 Å². The van der Waals surface area contributed by atoms with Crippen molar-refractivity contribution >= 4 is 40.7 Å². The van der Waals surface area contributed by atoms with Gasteiger partial charge < -0.3 is 41.3 Å². The summed E-state index contributed by atoms with van der Waals surface area (Å²) in [6.45, 7) is -0.197. The number of ketones is 2. The lowest BCUT2D eigenvalue weighted by molar-refractivity contribution is -0.186. The number of nitrogens with one attached hydrogen (secondary N) is 1. The number of rotatable bonds is 5. The SMILES string of the molecule is CN(C)[C@@H]1C(O)[C@@H](C(N)=O)C(=O)[C@@]2(O)C(=O)C3=C(O)c4c(O)ccc(-c5ccc(NC(=O)C6CCCN6C(=O)C(F)(F)F)cc5)c4C[C@H]3C[C@@H]12. The van der Waals surface area contributed by atoms with Crippen molar-refractivity contribution in [1.82, 2.24) is 9.80 Å². The number of nitrogens with zero attached hydrogens (tertiary/aromatic N) is 2. The van der Waals surface area contributed by atoms with Crippen LogP contribution in [0.15, 0.2) is 42.0 Å². The van der Waals surface area contributed by atoms with Gasteiger partial charge in [0.25, 0.3) is 0 Å². The maximum atomic E-state index is 14.0. The number of primary amides is 1. The first kappa shape index (κ1) is 35.0. The fraction of sp³-hybridized carbons (Fsp3) is 0.441. The minimum absolute atomic E-state index is 0.0592. The number of aromatic hydroxyl groups is 1. The smallest absolute Gasteiger partial charge is 0.471 e. The van der Waals surface area contributed by atoms with Crippen LogP contribution in [-0.2, 0) is 30.4 Å². The van der Waals surface area contributed by atoms with E-state index in [1.807, 2.05) is 0 Å². The summed E-state index contributed by atoms with van der Waals surface area (Å²) in [5.41, 5.74) is 3.97. The Labute approximate surface area is 283 Å². The van der Waals surface area contributed by atoms with Gasteiger partial charge in [-0.1, -0.05) is 18.2 Å². The van der Waals surface area contributed by atoms with Gasteiger partial charge in [-0.25, -0.2) is 0 Å². The number of hydrogen-bond donors (Lipinski definition) is 6. The van der Waals surface area contributed by atoms with Gasteiger partial charge in [-0.2, -0.15) is 13.2 Å². The molecule has 3 aliphatic carbocycles.